The van der Waals surface area contributed by atoms with Crippen molar-refractivity contribution in [2.24, 2.45) is 11.7 Å². The predicted molar refractivity (Wildman–Crippen MR) is 110 cm³/mol. The number of rotatable bonds is 5. The molecule has 8 nitrogen and oxygen atoms in total. The summed E-state index contributed by atoms with van der Waals surface area (Å²) in [4.78, 5) is 26.2. The van der Waals surface area contributed by atoms with Gasteiger partial charge in [-0.25, -0.2) is 4.79 Å². The Morgan fingerprint density at radius 3 is 2.76 bits per heavy atom. The molecule has 0 saturated carbocycles. The average molecular weight is 396 g/mol. The van der Waals surface area contributed by atoms with Crippen molar-refractivity contribution >= 4 is 16.9 Å². The van der Waals surface area contributed by atoms with Crippen LogP contribution in [0.5, 0.6) is 5.75 Å². The molecule has 29 heavy (non-hydrogen) atoms. The van der Waals surface area contributed by atoms with E-state index in [0.717, 1.165) is 23.0 Å². The number of carboxylic acid groups (broad SMARTS) is 1. The minimum atomic E-state index is -1.45. The Kier molecular flexibility index (Phi) is 4.68. The lowest BCUT2D eigenvalue weighted by atomic mass is 9.98. The van der Waals surface area contributed by atoms with E-state index < -0.39 is 22.8 Å². The lowest BCUT2D eigenvalue weighted by molar-refractivity contribution is 0.0691. The maximum atomic E-state index is 12.3. The molecule has 3 heterocycles. The van der Waals surface area contributed by atoms with Crippen molar-refractivity contribution < 1.29 is 15.0 Å². The van der Waals surface area contributed by atoms with Gasteiger partial charge in [-0.1, -0.05) is 13.0 Å². The third-order valence-electron chi connectivity index (χ3n) is 5.90. The molecule has 4 rings (SSSR count). The van der Waals surface area contributed by atoms with Crippen LogP contribution in [-0.2, 0) is 13.0 Å². The van der Waals surface area contributed by atoms with Gasteiger partial charge in [-0.3, -0.25) is 4.79 Å². The second kappa shape index (κ2) is 7.06. The molecule has 3 aromatic rings. The van der Waals surface area contributed by atoms with E-state index in [1.165, 1.54) is 5.69 Å². The second-order valence-electron chi connectivity index (χ2n) is 7.41. The van der Waals surface area contributed by atoms with Crippen LogP contribution in [-0.4, -0.2) is 39.3 Å². The largest absolute Gasteiger partial charge is 0.506 e. The first-order chi connectivity index (χ1) is 13.9. The maximum Gasteiger partial charge on any atom is 0.345 e. The number of pyridine rings is 1. The highest BCUT2D eigenvalue weighted by Gasteiger charge is 2.32. The predicted octanol–water partition coefficient (Wildman–Crippen LogP) is 1.81. The van der Waals surface area contributed by atoms with Gasteiger partial charge in [0.05, 0.1) is 11.7 Å². The van der Waals surface area contributed by atoms with Gasteiger partial charge in [-0.05, 0) is 43.8 Å². The van der Waals surface area contributed by atoms with Crippen molar-refractivity contribution in [3.8, 4) is 17.0 Å². The van der Waals surface area contributed by atoms with E-state index in [0.29, 0.717) is 30.1 Å². The van der Waals surface area contributed by atoms with Crippen molar-refractivity contribution in [2.75, 3.05) is 13.6 Å². The Balaban J connectivity index is 1.87. The molecule has 6 N–H and O–H groups in total. The fraction of sp³-hybridized carbons (Fsp3) is 0.333. The highest BCUT2D eigenvalue weighted by molar-refractivity contribution is 5.93. The minimum Gasteiger partial charge on any atom is -0.506 e. The zero-order valence-corrected chi connectivity index (χ0v) is 16.3. The number of nitrogens with zero attached hydrogens (tertiary/aromatic N) is 1. The Labute approximate surface area is 167 Å². The number of nitrogens with one attached hydrogen (secondary N) is 2. The van der Waals surface area contributed by atoms with E-state index in [-0.39, 0.29) is 6.04 Å². The summed E-state index contributed by atoms with van der Waals surface area (Å²) < 4.78 is 2.26. The van der Waals surface area contributed by atoms with E-state index in [9.17, 15) is 19.8 Å². The number of hydrogen-bond acceptors (Lipinski definition) is 5. The highest BCUT2D eigenvalue weighted by atomic mass is 16.4. The minimum absolute atomic E-state index is 0.181. The molecule has 2 aromatic heterocycles. The number of H-pyrrole nitrogens is 1. The SMILES string of the molecule is CCc1c(-c2ccc3c(c2)cc2n3C[C@@H](CN)C2NC)[nH]c(=O)c(C(=O)O)c1O. The molecule has 1 unspecified atom stereocenters. The van der Waals surface area contributed by atoms with Crippen LogP contribution in [0.4, 0.5) is 0 Å². The number of hydrogen-bond donors (Lipinski definition) is 5. The molecule has 0 aliphatic carbocycles. The molecule has 152 valence electrons. The Hall–Kier alpha value is -3.10. The number of aromatic hydroxyl groups is 1. The Bertz CT molecular complexity index is 1180. The number of benzene rings is 1. The van der Waals surface area contributed by atoms with Crippen LogP contribution in [0.15, 0.2) is 29.1 Å². The fourth-order valence-electron chi connectivity index (χ4n) is 4.50. The van der Waals surface area contributed by atoms with Gasteiger partial charge in [-0.15, -0.1) is 0 Å². The molecule has 0 amide bonds. The van der Waals surface area contributed by atoms with E-state index in [2.05, 4.69) is 20.9 Å². The monoisotopic (exact) mass is 396 g/mol. The quantitative estimate of drug-likeness (QED) is 0.447. The second-order valence-corrected chi connectivity index (χ2v) is 7.41. The van der Waals surface area contributed by atoms with Crippen molar-refractivity contribution in [3.05, 3.63) is 51.4 Å². The first-order valence-electron chi connectivity index (χ1n) is 9.63. The maximum absolute atomic E-state index is 12.3. The van der Waals surface area contributed by atoms with E-state index in [1.807, 2.05) is 25.2 Å². The number of aromatic amines is 1. The lowest BCUT2D eigenvalue weighted by Crippen LogP contribution is -2.27. The fourth-order valence-corrected chi connectivity index (χ4v) is 4.50. The molecule has 2 atom stereocenters. The van der Waals surface area contributed by atoms with Gasteiger partial charge in [0.2, 0.25) is 0 Å². The summed E-state index contributed by atoms with van der Waals surface area (Å²) in [6.45, 7) is 3.24. The van der Waals surface area contributed by atoms with E-state index in [4.69, 9.17) is 5.73 Å². The van der Waals surface area contributed by atoms with E-state index in [1.54, 1.807) is 6.92 Å². The summed E-state index contributed by atoms with van der Waals surface area (Å²) in [5.74, 6) is -1.58. The zero-order chi connectivity index (χ0) is 20.9. The summed E-state index contributed by atoms with van der Waals surface area (Å²) >= 11 is 0. The van der Waals surface area contributed by atoms with Crippen LogP contribution in [0.3, 0.4) is 0 Å². The third kappa shape index (κ3) is 2.83. The van der Waals surface area contributed by atoms with Crippen LogP contribution in [0, 0.1) is 5.92 Å². The molecule has 1 aliphatic heterocycles. The standard InChI is InChI=1S/C21H24N4O4/c1-3-13-17(24-20(27)16(19(13)26)21(28)29)10-4-5-14-11(6-10)7-15-18(23-2)12(8-22)9-25(14)15/h4-7,12,18,23H,3,8-9,22H2,1-2H3,(H,28,29)(H2,24,26,27)/t12-,18?/m1/s1. The van der Waals surface area contributed by atoms with Gasteiger partial charge < -0.3 is 30.8 Å². The molecule has 0 radical (unpaired) electrons. The van der Waals surface area contributed by atoms with Crippen molar-refractivity contribution in [2.45, 2.75) is 25.9 Å². The summed E-state index contributed by atoms with van der Waals surface area (Å²) in [5, 5.41) is 24.0. The lowest BCUT2D eigenvalue weighted by Gasteiger charge is -2.16. The first-order valence-corrected chi connectivity index (χ1v) is 9.63. The van der Waals surface area contributed by atoms with Crippen LogP contribution < -0.4 is 16.6 Å². The molecule has 8 heteroatoms. The Morgan fingerprint density at radius 1 is 1.38 bits per heavy atom. The van der Waals surface area contributed by atoms with Crippen molar-refractivity contribution in [1.29, 1.82) is 0 Å². The van der Waals surface area contributed by atoms with Crippen molar-refractivity contribution in [1.82, 2.24) is 14.9 Å². The van der Waals surface area contributed by atoms with Gasteiger partial charge in [-0.2, -0.15) is 0 Å². The summed E-state index contributed by atoms with van der Waals surface area (Å²) in [6, 6.07) is 8.12. The van der Waals surface area contributed by atoms with Gasteiger partial charge >= 0.3 is 5.97 Å². The molecule has 0 saturated heterocycles. The summed E-state index contributed by atoms with van der Waals surface area (Å²) in [7, 11) is 1.93. The normalized spacial score (nSPS) is 18.3. The first kappa shape index (κ1) is 19.2. The molecule has 1 aliphatic rings. The molecule has 1 aromatic carbocycles. The van der Waals surface area contributed by atoms with Crippen LogP contribution >= 0.6 is 0 Å². The zero-order valence-electron chi connectivity index (χ0n) is 16.3. The van der Waals surface area contributed by atoms with E-state index >= 15 is 0 Å². The number of fused-ring (bicyclic) bond motifs is 3. The van der Waals surface area contributed by atoms with Crippen LogP contribution in [0.2, 0.25) is 0 Å². The van der Waals surface area contributed by atoms with Crippen LogP contribution in [0.1, 0.15) is 34.6 Å². The molecule has 0 bridgehead atoms. The average Bonchev–Trinajstić information content (AvgIpc) is 3.21. The summed E-state index contributed by atoms with van der Waals surface area (Å²) in [5.41, 5.74) is 8.30. The topological polar surface area (TPSA) is 133 Å². The van der Waals surface area contributed by atoms with Gasteiger partial charge in [0, 0.05) is 34.6 Å². The number of nitrogens with two attached hydrogens (primary N) is 1. The molecular weight excluding hydrogens is 372 g/mol. The third-order valence-corrected chi connectivity index (χ3v) is 5.90. The number of aromatic nitrogens is 2. The number of aromatic carboxylic acids is 1. The summed E-state index contributed by atoms with van der Waals surface area (Å²) in [6.07, 6.45) is 0.378. The number of carbonyl (C=O) groups is 1. The molecule has 0 spiro atoms. The smallest absolute Gasteiger partial charge is 0.345 e. The van der Waals surface area contributed by atoms with Crippen LogP contribution in [0.25, 0.3) is 22.2 Å². The van der Waals surface area contributed by atoms with Gasteiger partial charge in [0.25, 0.3) is 5.56 Å². The van der Waals surface area contributed by atoms with Crippen molar-refractivity contribution in [3.63, 3.8) is 0 Å². The number of carboxylic acids is 1. The molecular formula is C21H24N4O4. The Morgan fingerprint density at radius 2 is 2.14 bits per heavy atom. The highest BCUT2D eigenvalue weighted by Crippen LogP contribution is 2.38. The van der Waals surface area contributed by atoms with Gasteiger partial charge in [0.15, 0.2) is 5.56 Å². The molecule has 0 fully saturated rings. The van der Waals surface area contributed by atoms with Gasteiger partial charge in [0.1, 0.15) is 5.75 Å².